The molecule has 0 aromatic carbocycles. The molecule has 1 unspecified atom stereocenters. The number of amides is 2. The van der Waals surface area contributed by atoms with Crippen LogP contribution in [-0.2, 0) is 9.53 Å². The smallest absolute Gasteiger partial charge is 0.408 e. The van der Waals surface area contributed by atoms with Gasteiger partial charge in [0.25, 0.3) is 6.43 Å². The standard InChI is InChI=1S/C26H38BrF2N3O3/c1-26(2,3)35-25(34)32-22(24(33)31-20-14-18(23(28)29)19(27)15-30-20)21(16-10-6-4-7-11-16)17-12-8-5-9-13-17/h14-17,21-23H,4-13H2,1-3H3,(H,32,34)(H,30,31,33). The van der Waals surface area contributed by atoms with Crippen molar-refractivity contribution in [1.29, 1.82) is 0 Å². The Kier molecular flexibility index (Phi) is 9.90. The number of nitrogens with zero attached hydrogens (tertiary/aromatic N) is 1. The van der Waals surface area contributed by atoms with E-state index in [0.717, 1.165) is 51.4 Å². The van der Waals surface area contributed by atoms with Crippen LogP contribution in [0.3, 0.4) is 0 Å². The van der Waals surface area contributed by atoms with Gasteiger partial charge in [0.2, 0.25) is 5.91 Å². The highest BCUT2D eigenvalue weighted by Crippen LogP contribution is 2.42. The number of alkyl carbamates (subject to hydrolysis) is 1. The predicted octanol–water partition coefficient (Wildman–Crippen LogP) is 7.39. The third-order valence-electron chi connectivity index (χ3n) is 7.10. The maximum Gasteiger partial charge on any atom is 0.408 e. The molecule has 2 saturated carbocycles. The van der Waals surface area contributed by atoms with Crippen LogP contribution in [0, 0.1) is 17.8 Å². The van der Waals surface area contributed by atoms with Gasteiger partial charge in [0.05, 0.1) is 0 Å². The van der Waals surface area contributed by atoms with E-state index in [2.05, 4.69) is 31.5 Å². The molecular weight excluding hydrogens is 520 g/mol. The molecule has 3 rings (SSSR count). The summed E-state index contributed by atoms with van der Waals surface area (Å²) in [6.07, 6.45) is 8.80. The van der Waals surface area contributed by atoms with Gasteiger partial charge in [-0.3, -0.25) is 4.79 Å². The summed E-state index contributed by atoms with van der Waals surface area (Å²) in [6.45, 7) is 5.33. The molecule has 0 saturated heterocycles. The van der Waals surface area contributed by atoms with Gasteiger partial charge in [-0.05, 0) is 60.5 Å². The van der Waals surface area contributed by atoms with Gasteiger partial charge in [0.15, 0.2) is 0 Å². The van der Waals surface area contributed by atoms with Gasteiger partial charge in [-0.15, -0.1) is 0 Å². The maximum absolute atomic E-state index is 13.7. The number of halogens is 3. The van der Waals surface area contributed by atoms with E-state index in [4.69, 9.17) is 4.74 Å². The quantitative estimate of drug-likeness (QED) is 0.366. The second-order valence-electron chi connectivity index (χ2n) is 10.9. The molecular formula is C26H38BrF2N3O3. The van der Waals surface area contributed by atoms with Crippen LogP contribution in [0.2, 0.25) is 0 Å². The summed E-state index contributed by atoms with van der Waals surface area (Å²) in [5.41, 5.74) is -0.960. The number of rotatable bonds is 7. The Morgan fingerprint density at radius 1 is 1.03 bits per heavy atom. The first-order valence-corrected chi connectivity index (χ1v) is 13.6. The maximum atomic E-state index is 13.7. The minimum Gasteiger partial charge on any atom is -0.444 e. The van der Waals surface area contributed by atoms with Crippen molar-refractivity contribution in [3.8, 4) is 0 Å². The Bertz CT molecular complexity index is 848. The predicted molar refractivity (Wildman–Crippen MR) is 135 cm³/mol. The van der Waals surface area contributed by atoms with Crippen molar-refractivity contribution in [3.63, 3.8) is 0 Å². The van der Waals surface area contributed by atoms with Crippen LogP contribution in [0.5, 0.6) is 0 Å². The second-order valence-corrected chi connectivity index (χ2v) is 11.7. The number of carbonyl (C=O) groups is 2. The van der Waals surface area contributed by atoms with Crippen molar-refractivity contribution in [2.24, 2.45) is 17.8 Å². The summed E-state index contributed by atoms with van der Waals surface area (Å²) in [7, 11) is 0. The lowest BCUT2D eigenvalue weighted by atomic mass is 9.66. The van der Waals surface area contributed by atoms with Crippen LogP contribution >= 0.6 is 15.9 Å². The lowest BCUT2D eigenvalue weighted by Gasteiger charge is -2.42. The van der Waals surface area contributed by atoms with Crippen LogP contribution in [0.25, 0.3) is 0 Å². The fraction of sp³-hybridized carbons (Fsp3) is 0.731. The monoisotopic (exact) mass is 557 g/mol. The third-order valence-corrected chi connectivity index (χ3v) is 7.76. The number of anilines is 1. The fourth-order valence-corrected chi connectivity index (χ4v) is 6.02. The van der Waals surface area contributed by atoms with E-state index < -0.39 is 30.1 Å². The average Bonchev–Trinajstić information content (AvgIpc) is 2.80. The number of hydrogen-bond acceptors (Lipinski definition) is 4. The van der Waals surface area contributed by atoms with E-state index >= 15 is 0 Å². The topological polar surface area (TPSA) is 80.3 Å². The van der Waals surface area contributed by atoms with Gasteiger partial charge in [0, 0.05) is 16.2 Å². The molecule has 35 heavy (non-hydrogen) atoms. The normalized spacial score (nSPS) is 19.0. The molecule has 2 fully saturated rings. The number of pyridine rings is 1. The van der Waals surface area contributed by atoms with E-state index in [-0.39, 0.29) is 21.8 Å². The highest BCUT2D eigenvalue weighted by molar-refractivity contribution is 9.10. The Morgan fingerprint density at radius 2 is 1.57 bits per heavy atom. The van der Waals surface area contributed by atoms with Crippen molar-refractivity contribution < 1.29 is 23.1 Å². The minimum atomic E-state index is -2.71. The molecule has 0 spiro atoms. The van der Waals surface area contributed by atoms with Crippen LogP contribution < -0.4 is 10.6 Å². The van der Waals surface area contributed by atoms with Crippen molar-refractivity contribution in [3.05, 3.63) is 22.3 Å². The van der Waals surface area contributed by atoms with Crippen molar-refractivity contribution in [2.45, 2.75) is 103 Å². The Labute approximate surface area is 215 Å². The summed E-state index contributed by atoms with van der Waals surface area (Å²) >= 11 is 3.09. The molecule has 1 atom stereocenters. The zero-order valence-electron chi connectivity index (χ0n) is 20.9. The summed E-state index contributed by atoms with van der Waals surface area (Å²) < 4.78 is 32.5. The molecule has 196 valence electrons. The number of aromatic nitrogens is 1. The van der Waals surface area contributed by atoms with Crippen LogP contribution in [0.4, 0.5) is 19.4 Å². The zero-order valence-corrected chi connectivity index (χ0v) is 22.5. The lowest BCUT2D eigenvalue weighted by Crippen LogP contribution is -2.54. The first-order valence-electron chi connectivity index (χ1n) is 12.8. The minimum absolute atomic E-state index is 0.0375. The van der Waals surface area contributed by atoms with Crippen molar-refractivity contribution in [2.75, 3.05) is 5.32 Å². The molecule has 2 amide bonds. The summed E-state index contributed by atoms with van der Waals surface area (Å²) in [5, 5.41) is 5.60. The SMILES string of the molecule is CC(C)(C)OC(=O)NC(C(=O)Nc1cc(C(F)F)c(Br)cn1)C(C1CCCCC1)C1CCCCC1. The van der Waals surface area contributed by atoms with Gasteiger partial charge in [-0.2, -0.15) is 0 Å². The van der Waals surface area contributed by atoms with Gasteiger partial charge in [-0.1, -0.05) is 64.2 Å². The number of nitrogens with one attached hydrogen (secondary N) is 2. The van der Waals surface area contributed by atoms with Crippen LogP contribution in [0.15, 0.2) is 16.7 Å². The van der Waals surface area contributed by atoms with E-state index in [1.165, 1.54) is 25.1 Å². The highest BCUT2D eigenvalue weighted by atomic mass is 79.9. The summed E-state index contributed by atoms with van der Waals surface area (Å²) in [6, 6.07) is 0.337. The Morgan fingerprint density at radius 3 is 2.06 bits per heavy atom. The molecule has 2 aliphatic carbocycles. The Hall–Kier alpha value is -1.77. The largest absolute Gasteiger partial charge is 0.444 e. The first-order chi connectivity index (χ1) is 16.5. The van der Waals surface area contributed by atoms with Crippen molar-refractivity contribution >= 4 is 33.7 Å². The molecule has 0 aliphatic heterocycles. The van der Waals surface area contributed by atoms with Crippen LogP contribution in [0.1, 0.15) is 97.0 Å². The fourth-order valence-electron chi connectivity index (χ4n) is 5.63. The number of hydrogen-bond donors (Lipinski definition) is 2. The van der Waals surface area contributed by atoms with E-state index in [0.29, 0.717) is 11.8 Å². The number of alkyl halides is 2. The van der Waals surface area contributed by atoms with Gasteiger partial charge < -0.3 is 15.4 Å². The summed E-state index contributed by atoms with van der Waals surface area (Å²) in [4.78, 5) is 30.6. The summed E-state index contributed by atoms with van der Waals surface area (Å²) in [5.74, 6) is 0.176. The average molecular weight is 559 g/mol. The van der Waals surface area contributed by atoms with Gasteiger partial charge in [-0.25, -0.2) is 18.6 Å². The Balaban J connectivity index is 1.91. The lowest BCUT2D eigenvalue weighted by molar-refractivity contribution is -0.121. The van der Waals surface area contributed by atoms with Crippen molar-refractivity contribution in [1.82, 2.24) is 10.3 Å². The molecule has 6 nitrogen and oxygen atoms in total. The number of carbonyl (C=O) groups excluding carboxylic acids is 2. The molecule has 1 aromatic heterocycles. The van der Waals surface area contributed by atoms with E-state index in [1.807, 2.05) is 0 Å². The second kappa shape index (κ2) is 12.5. The molecule has 1 heterocycles. The van der Waals surface area contributed by atoms with E-state index in [1.54, 1.807) is 20.8 Å². The van der Waals surface area contributed by atoms with Gasteiger partial charge >= 0.3 is 6.09 Å². The van der Waals surface area contributed by atoms with Gasteiger partial charge in [0.1, 0.15) is 17.5 Å². The molecule has 0 bridgehead atoms. The highest BCUT2D eigenvalue weighted by Gasteiger charge is 2.41. The third kappa shape index (κ3) is 8.12. The molecule has 2 aliphatic rings. The zero-order chi connectivity index (χ0) is 25.6. The molecule has 0 radical (unpaired) electrons. The van der Waals surface area contributed by atoms with E-state index in [9.17, 15) is 18.4 Å². The molecule has 9 heteroatoms. The first kappa shape index (κ1) is 27.8. The molecule has 1 aromatic rings. The van der Waals surface area contributed by atoms with Crippen LogP contribution in [-0.4, -0.2) is 28.6 Å². The number of ether oxygens (including phenoxy) is 1. The molecule has 2 N–H and O–H groups in total.